The molecule has 3 fully saturated rings. The van der Waals surface area contributed by atoms with Gasteiger partial charge in [0, 0.05) is 44.9 Å². The van der Waals surface area contributed by atoms with E-state index in [9.17, 15) is 0 Å². The molecule has 0 bridgehead atoms. The molecule has 4 heteroatoms. The Hall–Kier alpha value is -0.160. The number of nitrogens with zero attached hydrogens (tertiary/aromatic N) is 2. The maximum atomic E-state index is 6.20. The fraction of sp³-hybridized carbons (Fsp3) is 1.00. The first-order chi connectivity index (χ1) is 9.27. The summed E-state index contributed by atoms with van der Waals surface area (Å²) in [5.74, 6) is 0. The lowest BCUT2D eigenvalue weighted by Gasteiger charge is -2.51. The Kier molecular flexibility index (Phi) is 4.13. The molecule has 0 amide bonds. The number of methoxy groups -OCH3 is 1. The largest absolute Gasteiger partial charge is 0.381 e. The van der Waals surface area contributed by atoms with Gasteiger partial charge < -0.3 is 10.5 Å². The molecule has 110 valence electrons. The van der Waals surface area contributed by atoms with Crippen LogP contribution >= 0.6 is 0 Å². The van der Waals surface area contributed by atoms with E-state index in [1.54, 1.807) is 0 Å². The second kappa shape index (κ2) is 5.68. The molecule has 19 heavy (non-hydrogen) atoms. The fourth-order valence-corrected chi connectivity index (χ4v) is 4.44. The maximum Gasteiger partial charge on any atom is 0.0572 e. The molecule has 0 spiro atoms. The molecule has 0 aromatic carbocycles. The Morgan fingerprint density at radius 1 is 1.16 bits per heavy atom. The summed E-state index contributed by atoms with van der Waals surface area (Å²) in [4.78, 5) is 5.41. The van der Waals surface area contributed by atoms with E-state index < -0.39 is 0 Å². The molecule has 2 N–H and O–H groups in total. The lowest BCUT2D eigenvalue weighted by atomic mass is 9.78. The van der Waals surface area contributed by atoms with Gasteiger partial charge in [-0.2, -0.15) is 0 Å². The van der Waals surface area contributed by atoms with Gasteiger partial charge in [-0.25, -0.2) is 0 Å². The molecule has 2 aliphatic heterocycles. The zero-order chi connectivity index (χ0) is 13.3. The minimum atomic E-state index is 0.268. The number of hydrogen-bond donors (Lipinski definition) is 1. The highest BCUT2D eigenvalue weighted by molar-refractivity contribution is 5.00. The van der Waals surface area contributed by atoms with Crippen LogP contribution in [0.4, 0.5) is 0 Å². The first-order valence-electron chi connectivity index (χ1n) is 7.99. The van der Waals surface area contributed by atoms with Crippen LogP contribution in [0.2, 0.25) is 0 Å². The molecule has 2 saturated heterocycles. The molecule has 1 saturated carbocycles. The number of ether oxygens (including phenoxy) is 1. The lowest BCUT2D eigenvalue weighted by Crippen LogP contribution is -2.63. The fourth-order valence-electron chi connectivity index (χ4n) is 4.44. The van der Waals surface area contributed by atoms with Gasteiger partial charge in [0.2, 0.25) is 0 Å². The van der Waals surface area contributed by atoms with Crippen LogP contribution in [0.5, 0.6) is 0 Å². The first-order valence-corrected chi connectivity index (χ1v) is 7.99. The van der Waals surface area contributed by atoms with Crippen LogP contribution in [0.15, 0.2) is 0 Å². The molecule has 0 aromatic heterocycles. The van der Waals surface area contributed by atoms with E-state index >= 15 is 0 Å². The van der Waals surface area contributed by atoms with E-state index in [1.165, 1.54) is 64.7 Å². The summed E-state index contributed by atoms with van der Waals surface area (Å²) in [5.41, 5.74) is 6.46. The van der Waals surface area contributed by atoms with Gasteiger partial charge in [-0.3, -0.25) is 9.80 Å². The van der Waals surface area contributed by atoms with Gasteiger partial charge in [0.15, 0.2) is 0 Å². The summed E-state index contributed by atoms with van der Waals surface area (Å²) in [5, 5.41) is 0. The summed E-state index contributed by atoms with van der Waals surface area (Å²) in [7, 11) is 1.84. The molecule has 1 atom stereocenters. The quantitative estimate of drug-likeness (QED) is 0.830. The van der Waals surface area contributed by atoms with E-state index in [0.717, 1.165) is 12.6 Å². The minimum Gasteiger partial charge on any atom is -0.381 e. The average Bonchev–Trinajstić information content (AvgIpc) is 2.94. The van der Waals surface area contributed by atoms with E-state index in [1.807, 2.05) is 7.11 Å². The zero-order valence-corrected chi connectivity index (χ0v) is 12.3. The van der Waals surface area contributed by atoms with Crippen molar-refractivity contribution in [3.8, 4) is 0 Å². The zero-order valence-electron chi connectivity index (χ0n) is 12.3. The van der Waals surface area contributed by atoms with Gasteiger partial charge in [-0.15, -0.1) is 0 Å². The maximum absolute atomic E-state index is 6.20. The molecular formula is C15H29N3O. The molecule has 4 nitrogen and oxygen atoms in total. The van der Waals surface area contributed by atoms with Crippen LogP contribution in [-0.4, -0.2) is 67.3 Å². The van der Waals surface area contributed by atoms with Gasteiger partial charge in [-0.1, -0.05) is 0 Å². The van der Waals surface area contributed by atoms with Crippen molar-refractivity contribution >= 4 is 0 Å². The molecule has 1 unspecified atom stereocenters. The second-order valence-electron chi connectivity index (χ2n) is 6.64. The SMILES string of the molecule is COC1CCC(CN)(N2CCN3CCCC3C2)CC1. The van der Waals surface area contributed by atoms with Gasteiger partial charge in [0.1, 0.15) is 0 Å². The van der Waals surface area contributed by atoms with E-state index in [2.05, 4.69) is 9.80 Å². The molecule has 2 heterocycles. The van der Waals surface area contributed by atoms with Crippen molar-refractivity contribution in [2.24, 2.45) is 5.73 Å². The van der Waals surface area contributed by atoms with Crippen molar-refractivity contribution in [1.29, 1.82) is 0 Å². The predicted molar refractivity (Wildman–Crippen MR) is 77.2 cm³/mol. The third kappa shape index (κ3) is 2.56. The highest BCUT2D eigenvalue weighted by Crippen LogP contribution is 2.36. The van der Waals surface area contributed by atoms with Crippen LogP contribution < -0.4 is 5.73 Å². The van der Waals surface area contributed by atoms with Crippen molar-refractivity contribution in [3.05, 3.63) is 0 Å². The van der Waals surface area contributed by atoms with E-state index in [-0.39, 0.29) is 5.54 Å². The number of rotatable bonds is 3. The van der Waals surface area contributed by atoms with Crippen molar-refractivity contribution in [2.45, 2.75) is 56.2 Å². The number of fused-ring (bicyclic) bond motifs is 1. The topological polar surface area (TPSA) is 41.7 Å². The summed E-state index contributed by atoms with van der Waals surface area (Å²) < 4.78 is 5.52. The van der Waals surface area contributed by atoms with Crippen molar-refractivity contribution in [3.63, 3.8) is 0 Å². The normalized spacial score (nSPS) is 41.4. The van der Waals surface area contributed by atoms with Crippen molar-refractivity contribution < 1.29 is 4.74 Å². The number of hydrogen-bond acceptors (Lipinski definition) is 4. The minimum absolute atomic E-state index is 0.268. The van der Waals surface area contributed by atoms with Crippen molar-refractivity contribution in [2.75, 3.05) is 39.8 Å². The molecule has 0 aromatic rings. The summed E-state index contributed by atoms with van der Waals surface area (Å²) in [6, 6.07) is 0.803. The molecule has 0 radical (unpaired) electrons. The van der Waals surface area contributed by atoms with Crippen LogP contribution in [0.25, 0.3) is 0 Å². The van der Waals surface area contributed by atoms with Crippen molar-refractivity contribution in [1.82, 2.24) is 9.80 Å². The van der Waals surface area contributed by atoms with E-state index in [4.69, 9.17) is 10.5 Å². The van der Waals surface area contributed by atoms with Crippen LogP contribution in [-0.2, 0) is 4.74 Å². The standard InChI is InChI=1S/C15H29N3O/c1-19-14-4-6-15(12-16,7-5-14)18-10-9-17-8-2-3-13(17)11-18/h13-14H,2-12,16H2,1H3. The summed E-state index contributed by atoms with van der Waals surface area (Å²) in [6.07, 6.45) is 8.03. The van der Waals surface area contributed by atoms with Crippen LogP contribution in [0.1, 0.15) is 38.5 Å². The van der Waals surface area contributed by atoms with Gasteiger partial charge in [0.05, 0.1) is 6.10 Å². The third-order valence-corrected chi connectivity index (χ3v) is 5.83. The summed E-state index contributed by atoms with van der Waals surface area (Å²) in [6.45, 7) is 5.84. The Labute approximate surface area is 117 Å². The average molecular weight is 267 g/mol. The monoisotopic (exact) mass is 267 g/mol. The molecular weight excluding hydrogens is 238 g/mol. The van der Waals surface area contributed by atoms with E-state index in [0.29, 0.717) is 6.10 Å². The highest BCUT2D eigenvalue weighted by atomic mass is 16.5. The van der Waals surface area contributed by atoms with Gasteiger partial charge >= 0.3 is 0 Å². The third-order valence-electron chi connectivity index (χ3n) is 5.83. The predicted octanol–water partition coefficient (Wildman–Crippen LogP) is 1.05. The lowest BCUT2D eigenvalue weighted by molar-refractivity contribution is -0.0349. The van der Waals surface area contributed by atoms with Gasteiger partial charge in [0.25, 0.3) is 0 Å². The molecule has 3 rings (SSSR count). The Morgan fingerprint density at radius 3 is 2.63 bits per heavy atom. The number of piperazine rings is 1. The van der Waals surface area contributed by atoms with Crippen LogP contribution in [0, 0.1) is 0 Å². The Bertz CT molecular complexity index is 302. The van der Waals surface area contributed by atoms with Crippen LogP contribution in [0.3, 0.4) is 0 Å². The molecule has 1 aliphatic carbocycles. The second-order valence-corrected chi connectivity index (χ2v) is 6.64. The number of nitrogens with two attached hydrogens (primary N) is 1. The highest BCUT2D eigenvalue weighted by Gasteiger charge is 2.43. The summed E-state index contributed by atoms with van der Waals surface area (Å²) >= 11 is 0. The Balaban J connectivity index is 1.65. The Morgan fingerprint density at radius 2 is 1.95 bits per heavy atom. The smallest absolute Gasteiger partial charge is 0.0572 e. The van der Waals surface area contributed by atoms with Gasteiger partial charge in [-0.05, 0) is 45.1 Å². The molecule has 3 aliphatic rings. The first kappa shape index (κ1) is 13.8.